The van der Waals surface area contributed by atoms with E-state index in [2.05, 4.69) is 24.5 Å². The number of aryl methyl sites for hydroxylation is 1. The van der Waals surface area contributed by atoms with Crippen LogP contribution in [0.25, 0.3) is 0 Å². The van der Waals surface area contributed by atoms with E-state index < -0.39 is 12.1 Å². The molecule has 242 valence electrons. The topological polar surface area (TPSA) is 90.9 Å². The van der Waals surface area contributed by atoms with Gasteiger partial charge >= 0.3 is 0 Å². The monoisotopic (exact) mass is 621 g/mol. The van der Waals surface area contributed by atoms with Crippen LogP contribution < -0.4 is 15.4 Å². The van der Waals surface area contributed by atoms with E-state index in [-0.39, 0.29) is 18.4 Å². The Morgan fingerprint density at radius 2 is 1.41 bits per heavy atom. The zero-order valence-corrected chi connectivity index (χ0v) is 27.2. The largest absolute Gasteiger partial charge is 0.489 e. The molecule has 0 radical (unpaired) electrons. The third-order valence-electron chi connectivity index (χ3n) is 7.77. The zero-order valence-electron chi connectivity index (χ0n) is 27.2. The minimum Gasteiger partial charge on any atom is -0.489 e. The summed E-state index contributed by atoms with van der Waals surface area (Å²) in [6.07, 6.45) is 1.24. The van der Waals surface area contributed by atoms with Crippen molar-refractivity contribution in [2.45, 2.75) is 65.3 Å². The summed E-state index contributed by atoms with van der Waals surface area (Å²) in [5.41, 5.74) is 4.82. The Morgan fingerprint density at radius 1 is 0.783 bits per heavy atom. The maximum atomic E-state index is 13.7. The van der Waals surface area contributed by atoms with Crippen LogP contribution in [-0.4, -0.2) is 53.6 Å². The number of aliphatic hydroxyl groups excluding tert-OH is 1. The Hall–Kier alpha value is -4.46. The highest BCUT2D eigenvalue weighted by atomic mass is 16.5. The van der Waals surface area contributed by atoms with Crippen molar-refractivity contribution in [3.05, 3.63) is 137 Å². The van der Waals surface area contributed by atoms with Gasteiger partial charge in [0, 0.05) is 37.3 Å². The number of benzene rings is 4. The Morgan fingerprint density at radius 3 is 2.09 bits per heavy atom. The molecule has 2 amide bonds. The van der Waals surface area contributed by atoms with E-state index in [0.717, 1.165) is 35.1 Å². The van der Waals surface area contributed by atoms with Gasteiger partial charge in [-0.15, -0.1) is 0 Å². The Labute approximate surface area is 273 Å². The van der Waals surface area contributed by atoms with Crippen LogP contribution in [0.2, 0.25) is 0 Å². The van der Waals surface area contributed by atoms with Gasteiger partial charge in [-0.3, -0.25) is 9.59 Å². The first-order chi connectivity index (χ1) is 22.4. The fourth-order valence-corrected chi connectivity index (χ4v) is 5.47. The van der Waals surface area contributed by atoms with E-state index in [4.69, 9.17) is 4.74 Å². The summed E-state index contributed by atoms with van der Waals surface area (Å²) >= 11 is 0. The SMILES string of the molecule is CCCN(CCC)C(=O)c1cc(C)cc(C(=O)N[C@@H](Cc2cccc(OCc3ccccc3)c2)[C@H](O)CNCc2ccccc2)c1. The van der Waals surface area contributed by atoms with Gasteiger partial charge in [-0.2, -0.15) is 0 Å². The average Bonchev–Trinajstić information content (AvgIpc) is 3.07. The fourth-order valence-electron chi connectivity index (χ4n) is 5.47. The van der Waals surface area contributed by atoms with Gasteiger partial charge in [0.1, 0.15) is 12.4 Å². The molecule has 0 spiro atoms. The lowest BCUT2D eigenvalue weighted by Gasteiger charge is -2.26. The Bertz CT molecular complexity index is 1520. The number of hydrogen-bond donors (Lipinski definition) is 3. The van der Waals surface area contributed by atoms with Gasteiger partial charge in [0.25, 0.3) is 11.8 Å². The summed E-state index contributed by atoms with van der Waals surface area (Å²) < 4.78 is 6.04. The van der Waals surface area contributed by atoms with Gasteiger partial charge < -0.3 is 25.4 Å². The number of hydrogen-bond acceptors (Lipinski definition) is 5. The van der Waals surface area contributed by atoms with E-state index in [1.165, 1.54) is 0 Å². The molecule has 0 bridgehead atoms. The second kappa shape index (κ2) is 17.9. The number of rotatable bonds is 17. The van der Waals surface area contributed by atoms with E-state index in [0.29, 0.717) is 49.5 Å². The third kappa shape index (κ3) is 10.6. The van der Waals surface area contributed by atoms with Crippen LogP contribution in [0, 0.1) is 6.92 Å². The zero-order chi connectivity index (χ0) is 32.7. The predicted octanol–water partition coefficient (Wildman–Crippen LogP) is 6.33. The number of carbonyl (C=O) groups is 2. The van der Waals surface area contributed by atoms with Gasteiger partial charge in [-0.25, -0.2) is 0 Å². The lowest BCUT2D eigenvalue weighted by atomic mass is 9.99. The first kappa shape index (κ1) is 34.4. The normalized spacial score (nSPS) is 12.3. The molecule has 2 atom stereocenters. The molecule has 3 N–H and O–H groups in total. The number of ether oxygens (including phenoxy) is 1. The van der Waals surface area contributed by atoms with Crippen LogP contribution >= 0.6 is 0 Å². The lowest BCUT2D eigenvalue weighted by molar-refractivity contribution is 0.0755. The summed E-state index contributed by atoms with van der Waals surface area (Å²) in [4.78, 5) is 28.9. The second-order valence-corrected chi connectivity index (χ2v) is 11.8. The Balaban J connectivity index is 1.51. The molecular formula is C39H47N3O4. The minimum atomic E-state index is -0.878. The lowest BCUT2D eigenvalue weighted by Crippen LogP contribution is -2.48. The van der Waals surface area contributed by atoms with Crippen LogP contribution in [0.5, 0.6) is 5.75 Å². The summed E-state index contributed by atoms with van der Waals surface area (Å²) in [7, 11) is 0. The maximum Gasteiger partial charge on any atom is 0.253 e. The molecule has 0 unspecified atom stereocenters. The van der Waals surface area contributed by atoms with Crippen LogP contribution in [-0.2, 0) is 19.6 Å². The van der Waals surface area contributed by atoms with Gasteiger partial charge in [0.15, 0.2) is 0 Å². The fraction of sp³-hybridized carbons (Fsp3) is 0.333. The van der Waals surface area contributed by atoms with E-state index in [9.17, 15) is 14.7 Å². The van der Waals surface area contributed by atoms with Gasteiger partial charge in [0.2, 0.25) is 0 Å². The van der Waals surface area contributed by atoms with Crippen molar-refractivity contribution < 1.29 is 19.4 Å². The third-order valence-corrected chi connectivity index (χ3v) is 7.77. The molecule has 7 heteroatoms. The number of nitrogens with one attached hydrogen (secondary N) is 2. The highest BCUT2D eigenvalue weighted by Crippen LogP contribution is 2.19. The molecule has 4 aromatic carbocycles. The molecule has 4 aromatic rings. The predicted molar refractivity (Wildman–Crippen MR) is 184 cm³/mol. The highest BCUT2D eigenvalue weighted by Gasteiger charge is 2.24. The summed E-state index contributed by atoms with van der Waals surface area (Å²) in [5.74, 6) is 0.308. The van der Waals surface area contributed by atoms with E-state index >= 15 is 0 Å². The van der Waals surface area contributed by atoms with Crippen molar-refractivity contribution in [1.82, 2.24) is 15.5 Å². The molecule has 0 saturated heterocycles. The van der Waals surface area contributed by atoms with E-state index in [1.54, 1.807) is 12.1 Å². The van der Waals surface area contributed by atoms with Crippen LogP contribution in [0.3, 0.4) is 0 Å². The van der Waals surface area contributed by atoms with Gasteiger partial charge in [-0.1, -0.05) is 86.6 Å². The van der Waals surface area contributed by atoms with Gasteiger partial charge in [0.05, 0.1) is 12.1 Å². The average molecular weight is 622 g/mol. The van der Waals surface area contributed by atoms with Crippen molar-refractivity contribution in [3.63, 3.8) is 0 Å². The quantitative estimate of drug-likeness (QED) is 0.128. The van der Waals surface area contributed by atoms with Crippen LogP contribution in [0.1, 0.15) is 69.7 Å². The molecule has 46 heavy (non-hydrogen) atoms. The number of aliphatic hydroxyl groups is 1. The molecule has 0 aliphatic carbocycles. The van der Waals surface area contributed by atoms with E-state index in [1.807, 2.05) is 103 Å². The van der Waals surface area contributed by atoms with Crippen molar-refractivity contribution in [1.29, 1.82) is 0 Å². The minimum absolute atomic E-state index is 0.0736. The maximum absolute atomic E-state index is 13.7. The summed E-state index contributed by atoms with van der Waals surface area (Å²) in [6.45, 7) is 8.65. The van der Waals surface area contributed by atoms with Crippen LogP contribution in [0.4, 0.5) is 0 Å². The molecule has 0 aliphatic rings. The van der Waals surface area contributed by atoms with Crippen molar-refractivity contribution in [3.8, 4) is 5.75 Å². The summed E-state index contributed by atoms with van der Waals surface area (Å²) in [5, 5.41) is 17.8. The number of amides is 2. The number of nitrogens with zero attached hydrogens (tertiary/aromatic N) is 1. The standard InChI is InChI=1S/C39H47N3O4/c1-4-19-42(20-5-2)39(45)34-22-29(3)21-33(25-34)38(44)41-36(37(43)27-40-26-30-13-8-6-9-14-30)24-32-17-12-18-35(23-32)46-28-31-15-10-7-11-16-31/h6-18,21-23,25,36-37,40,43H,4-5,19-20,24,26-28H2,1-3H3,(H,41,44)/t36-,37+/m0/s1. The highest BCUT2D eigenvalue weighted by molar-refractivity contribution is 6.00. The molecule has 7 nitrogen and oxygen atoms in total. The smallest absolute Gasteiger partial charge is 0.253 e. The molecule has 0 heterocycles. The van der Waals surface area contributed by atoms with Crippen molar-refractivity contribution >= 4 is 11.8 Å². The molecule has 0 saturated carbocycles. The first-order valence-electron chi connectivity index (χ1n) is 16.3. The second-order valence-electron chi connectivity index (χ2n) is 11.8. The molecule has 0 aromatic heterocycles. The first-order valence-corrected chi connectivity index (χ1v) is 16.3. The summed E-state index contributed by atoms with van der Waals surface area (Å²) in [6, 6.07) is 32.4. The molecular weight excluding hydrogens is 574 g/mol. The van der Waals surface area contributed by atoms with Crippen molar-refractivity contribution in [2.75, 3.05) is 19.6 Å². The molecule has 4 rings (SSSR count). The van der Waals surface area contributed by atoms with Crippen LogP contribution in [0.15, 0.2) is 103 Å². The van der Waals surface area contributed by atoms with Gasteiger partial charge in [-0.05, 0) is 78.8 Å². The molecule has 0 aliphatic heterocycles. The Kier molecular flexibility index (Phi) is 13.4. The van der Waals surface area contributed by atoms with Crippen molar-refractivity contribution in [2.24, 2.45) is 0 Å². The molecule has 0 fully saturated rings. The number of carbonyl (C=O) groups excluding carboxylic acids is 2.